The zero-order valence-electron chi connectivity index (χ0n) is 22.3. The van der Waals surface area contributed by atoms with E-state index in [9.17, 15) is 18.0 Å². The van der Waals surface area contributed by atoms with Gasteiger partial charge < -0.3 is 25.4 Å². The zero-order chi connectivity index (χ0) is 28.8. The fourth-order valence-corrected chi connectivity index (χ4v) is 4.28. The first-order valence-electron chi connectivity index (χ1n) is 13.4. The Labute approximate surface area is 226 Å². The molecule has 1 amide bonds. The number of aliphatic hydroxyl groups excluding tert-OH is 1. The number of amides is 1. The van der Waals surface area contributed by atoms with Gasteiger partial charge in [-0.15, -0.1) is 0 Å². The van der Waals surface area contributed by atoms with Gasteiger partial charge in [-0.2, -0.15) is 18.2 Å². The number of aromatic nitrogens is 2. The maximum absolute atomic E-state index is 12.2. The van der Waals surface area contributed by atoms with Crippen molar-refractivity contribution in [2.24, 2.45) is 5.73 Å². The van der Waals surface area contributed by atoms with E-state index in [-0.39, 0.29) is 18.4 Å². The van der Waals surface area contributed by atoms with Crippen molar-refractivity contribution in [1.82, 2.24) is 15.0 Å². The predicted molar refractivity (Wildman–Crippen MR) is 139 cm³/mol. The van der Waals surface area contributed by atoms with Crippen LogP contribution in [0.5, 0.6) is 0 Å². The Bertz CT molecular complexity index is 1010. The van der Waals surface area contributed by atoms with Crippen LogP contribution in [0.3, 0.4) is 0 Å². The lowest BCUT2D eigenvalue weighted by molar-refractivity contribution is -0.192. The minimum absolute atomic E-state index is 0.00680. The number of carboxylic acids is 1. The molecule has 1 saturated heterocycles. The Morgan fingerprint density at radius 3 is 2.26 bits per heavy atom. The normalized spacial score (nSPS) is 16.1. The van der Waals surface area contributed by atoms with Crippen LogP contribution in [-0.4, -0.2) is 69.0 Å². The summed E-state index contributed by atoms with van der Waals surface area (Å²) in [6.07, 6.45) is 7.43. The van der Waals surface area contributed by atoms with Crippen molar-refractivity contribution < 1.29 is 37.5 Å². The molecular formula is C27H39F3N4O5. The van der Waals surface area contributed by atoms with Crippen LogP contribution in [0, 0.1) is 0 Å². The molecule has 12 heteroatoms. The lowest BCUT2D eigenvalue weighted by Crippen LogP contribution is -2.44. The average molecular weight is 557 g/mol. The van der Waals surface area contributed by atoms with E-state index in [0.717, 1.165) is 18.4 Å². The third kappa shape index (κ3) is 11.0. The summed E-state index contributed by atoms with van der Waals surface area (Å²) in [5.74, 6) is -1.85. The summed E-state index contributed by atoms with van der Waals surface area (Å²) < 4.78 is 37.2. The number of unbranched alkanes of at least 4 members (excludes halogenated alkanes) is 7. The van der Waals surface area contributed by atoms with Crippen molar-refractivity contribution >= 4 is 11.9 Å². The molecule has 2 aromatic rings. The van der Waals surface area contributed by atoms with Gasteiger partial charge in [0.1, 0.15) is 6.04 Å². The Morgan fingerprint density at radius 1 is 1.10 bits per heavy atom. The number of alkyl halides is 3. The highest BCUT2D eigenvalue weighted by atomic mass is 19.4. The van der Waals surface area contributed by atoms with Gasteiger partial charge in [0.2, 0.25) is 17.6 Å². The molecule has 2 atom stereocenters. The molecular weight excluding hydrogens is 517 g/mol. The molecule has 1 aromatic heterocycles. The van der Waals surface area contributed by atoms with Crippen LogP contribution in [0.25, 0.3) is 11.4 Å². The summed E-state index contributed by atoms with van der Waals surface area (Å²) in [7, 11) is 0. The summed E-state index contributed by atoms with van der Waals surface area (Å²) in [5, 5.41) is 20.4. The Hall–Kier alpha value is -2.99. The smallest absolute Gasteiger partial charge is 0.475 e. The summed E-state index contributed by atoms with van der Waals surface area (Å²) in [6.45, 7) is 2.99. The number of carbonyl (C=O) groups excluding carboxylic acids is 1. The Kier molecular flexibility index (Phi) is 13.4. The van der Waals surface area contributed by atoms with E-state index in [0.29, 0.717) is 24.8 Å². The van der Waals surface area contributed by atoms with Crippen LogP contribution in [0.2, 0.25) is 0 Å². The second-order valence-corrected chi connectivity index (χ2v) is 9.74. The first kappa shape index (κ1) is 32.2. The standard InChI is InChI=1S/C25H38N4O3.C2HF3O2/c1-2-3-4-5-6-7-8-9-10-19-11-13-20(14-12-19)23-27-24(32-28-23)21-15-16-29(17-21)25(31)22(26)18-30;3-2(4,5)1(6)7/h11-14,21-22,30H,2-10,15-18,26H2,1H3;(H,6,7)/t21-,22?;/m1./s1. The van der Waals surface area contributed by atoms with Crippen molar-refractivity contribution in [1.29, 1.82) is 0 Å². The fraction of sp³-hybridized carbons (Fsp3) is 0.630. The minimum atomic E-state index is -5.08. The highest BCUT2D eigenvalue weighted by molar-refractivity contribution is 5.82. The Morgan fingerprint density at radius 2 is 1.69 bits per heavy atom. The number of likely N-dealkylation sites (tertiary alicyclic amines) is 1. The largest absolute Gasteiger partial charge is 0.490 e. The maximum atomic E-state index is 12.2. The van der Waals surface area contributed by atoms with Gasteiger partial charge in [0.15, 0.2) is 0 Å². The summed E-state index contributed by atoms with van der Waals surface area (Å²) in [5.41, 5.74) is 7.93. The molecule has 4 N–H and O–H groups in total. The summed E-state index contributed by atoms with van der Waals surface area (Å²) in [4.78, 5) is 27.3. The van der Waals surface area contributed by atoms with E-state index in [4.69, 9.17) is 25.3 Å². The number of nitrogens with two attached hydrogens (primary N) is 1. The number of carboxylic acid groups (broad SMARTS) is 1. The monoisotopic (exact) mass is 556 g/mol. The number of hydrogen-bond donors (Lipinski definition) is 3. The van der Waals surface area contributed by atoms with Crippen LogP contribution >= 0.6 is 0 Å². The molecule has 9 nitrogen and oxygen atoms in total. The lowest BCUT2D eigenvalue weighted by Gasteiger charge is -2.18. The van der Waals surface area contributed by atoms with Crippen LogP contribution in [-0.2, 0) is 16.0 Å². The molecule has 0 spiro atoms. The lowest BCUT2D eigenvalue weighted by atomic mass is 10.0. The molecule has 0 saturated carbocycles. The molecule has 0 aliphatic carbocycles. The molecule has 0 radical (unpaired) electrons. The van der Waals surface area contributed by atoms with Crippen molar-refractivity contribution in [3.05, 3.63) is 35.7 Å². The molecule has 3 rings (SSSR count). The van der Waals surface area contributed by atoms with E-state index in [2.05, 4.69) is 41.3 Å². The van der Waals surface area contributed by atoms with E-state index in [1.165, 1.54) is 56.9 Å². The van der Waals surface area contributed by atoms with Gasteiger partial charge >= 0.3 is 12.1 Å². The molecule has 1 fully saturated rings. The number of aliphatic carboxylic acids is 1. The minimum Gasteiger partial charge on any atom is -0.475 e. The number of nitrogens with zero attached hydrogens (tertiary/aromatic N) is 3. The number of hydrogen-bond acceptors (Lipinski definition) is 7. The second-order valence-electron chi connectivity index (χ2n) is 9.74. The van der Waals surface area contributed by atoms with Gasteiger partial charge in [-0.25, -0.2) is 4.79 Å². The van der Waals surface area contributed by atoms with E-state index >= 15 is 0 Å². The Balaban J connectivity index is 0.000000673. The first-order valence-corrected chi connectivity index (χ1v) is 13.4. The number of aliphatic hydroxyl groups is 1. The predicted octanol–water partition coefficient (Wildman–Crippen LogP) is 4.69. The SMILES string of the molecule is CCCCCCCCCCc1ccc(-c2noc([C@@H]3CCN(C(=O)C(N)CO)C3)n2)cc1.O=C(O)C(F)(F)F. The molecule has 2 heterocycles. The first-order chi connectivity index (χ1) is 18.6. The third-order valence-corrected chi connectivity index (χ3v) is 6.58. The molecule has 1 aliphatic rings. The maximum Gasteiger partial charge on any atom is 0.490 e. The average Bonchev–Trinajstić information content (AvgIpc) is 3.60. The fourth-order valence-electron chi connectivity index (χ4n) is 4.28. The van der Waals surface area contributed by atoms with Gasteiger partial charge in [-0.05, 0) is 24.8 Å². The highest BCUT2D eigenvalue weighted by Crippen LogP contribution is 2.28. The van der Waals surface area contributed by atoms with E-state index in [1.807, 2.05) is 0 Å². The quantitative estimate of drug-likeness (QED) is 0.302. The topological polar surface area (TPSA) is 143 Å². The third-order valence-electron chi connectivity index (χ3n) is 6.58. The van der Waals surface area contributed by atoms with Crippen molar-refractivity contribution in [3.63, 3.8) is 0 Å². The molecule has 1 aliphatic heterocycles. The zero-order valence-corrected chi connectivity index (χ0v) is 22.3. The van der Waals surface area contributed by atoms with Crippen LogP contribution < -0.4 is 5.73 Å². The van der Waals surface area contributed by atoms with Gasteiger partial charge in [-0.1, -0.05) is 81.3 Å². The number of rotatable bonds is 13. The van der Waals surface area contributed by atoms with E-state index in [1.54, 1.807) is 4.90 Å². The molecule has 218 valence electrons. The van der Waals surface area contributed by atoms with Crippen LogP contribution in [0.1, 0.15) is 82.1 Å². The molecule has 1 aromatic carbocycles. The van der Waals surface area contributed by atoms with Gasteiger partial charge in [0.05, 0.1) is 12.5 Å². The molecule has 0 bridgehead atoms. The number of halogens is 3. The summed E-state index contributed by atoms with van der Waals surface area (Å²) in [6, 6.07) is 7.55. The van der Waals surface area contributed by atoms with Crippen molar-refractivity contribution in [2.75, 3.05) is 19.7 Å². The van der Waals surface area contributed by atoms with Crippen molar-refractivity contribution in [3.8, 4) is 11.4 Å². The summed E-state index contributed by atoms with van der Waals surface area (Å²) >= 11 is 0. The van der Waals surface area contributed by atoms with Gasteiger partial charge in [0, 0.05) is 18.7 Å². The van der Waals surface area contributed by atoms with Crippen LogP contribution in [0.15, 0.2) is 28.8 Å². The van der Waals surface area contributed by atoms with E-state index < -0.39 is 18.2 Å². The highest BCUT2D eigenvalue weighted by Gasteiger charge is 2.38. The van der Waals surface area contributed by atoms with Crippen molar-refractivity contribution in [2.45, 2.75) is 89.3 Å². The number of benzene rings is 1. The number of aryl methyl sites for hydroxylation is 1. The van der Waals surface area contributed by atoms with Gasteiger partial charge in [-0.3, -0.25) is 4.79 Å². The van der Waals surface area contributed by atoms with Crippen LogP contribution in [0.4, 0.5) is 13.2 Å². The second kappa shape index (κ2) is 16.2. The molecule has 39 heavy (non-hydrogen) atoms. The van der Waals surface area contributed by atoms with Gasteiger partial charge in [0.25, 0.3) is 0 Å². The number of carbonyl (C=O) groups is 2. The molecule has 1 unspecified atom stereocenters.